The van der Waals surface area contributed by atoms with Crippen molar-refractivity contribution in [1.82, 2.24) is 4.31 Å². The Morgan fingerprint density at radius 3 is 2.14 bits per heavy atom. The first kappa shape index (κ1) is 31.1. The van der Waals surface area contributed by atoms with Crippen molar-refractivity contribution < 1.29 is 27.4 Å². The molecule has 0 saturated heterocycles. The van der Waals surface area contributed by atoms with Crippen molar-refractivity contribution in [2.24, 2.45) is 0 Å². The van der Waals surface area contributed by atoms with Gasteiger partial charge in [0.1, 0.15) is 18.0 Å². The average Bonchev–Trinajstić information content (AvgIpc) is 2.77. The SMILES string of the molecule is C=C(COc1ccc(Cc2cc(Cl)c(OCCCCl)c(Cl)c2)cc1)CN(C(=O)OC(C)(C)C)S(C)(=O)=O. The maximum Gasteiger partial charge on any atom is 0.424 e. The van der Waals surface area contributed by atoms with E-state index in [1.165, 1.54) is 0 Å². The molecular weight excluding hydrogens is 561 g/mol. The van der Waals surface area contributed by atoms with E-state index < -0.39 is 21.7 Å². The number of nitrogens with zero attached hydrogens (tertiary/aromatic N) is 1. The van der Waals surface area contributed by atoms with Gasteiger partial charge < -0.3 is 14.2 Å². The van der Waals surface area contributed by atoms with Crippen molar-refractivity contribution in [3.05, 3.63) is 69.7 Å². The van der Waals surface area contributed by atoms with Crippen LogP contribution in [0.5, 0.6) is 11.5 Å². The summed E-state index contributed by atoms with van der Waals surface area (Å²) in [6, 6.07) is 11.0. The molecule has 0 saturated carbocycles. The topological polar surface area (TPSA) is 82.1 Å². The Morgan fingerprint density at radius 1 is 1.03 bits per heavy atom. The summed E-state index contributed by atoms with van der Waals surface area (Å²) in [4.78, 5) is 12.3. The Balaban J connectivity index is 1.96. The second-order valence-electron chi connectivity index (χ2n) is 9.39. The third-order valence-electron chi connectivity index (χ3n) is 4.72. The van der Waals surface area contributed by atoms with E-state index >= 15 is 0 Å². The molecule has 0 N–H and O–H groups in total. The number of amides is 1. The number of sulfonamides is 1. The van der Waals surface area contributed by atoms with Gasteiger partial charge in [0.2, 0.25) is 10.0 Å². The zero-order valence-corrected chi connectivity index (χ0v) is 24.4. The second-order valence-corrected chi connectivity index (χ2v) is 12.5. The lowest BCUT2D eigenvalue weighted by atomic mass is 10.0. The van der Waals surface area contributed by atoms with Crippen molar-refractivity contribution in [3.63, 3.8) is 0 Å². The Kier molecular flexibility index (Phi) is 11.4. The first-order valence-corrected chi connectivity index (χ1v) is 14.6. The summed E-state index contributed by atoms with van der Waals surface area (Å²) in [5, 5.41) is 0.870. The van der Waals surface area contributed by atoms with E-state index in [0.29, 0.717) is 56.8 Å². The third kappa shape index (κ3) is 10.6. The summed E-state index contributed by atoms with van der Waals surface area (Å²) in [6.45, 7) is 9.01. The predicted octanol–water partition coefficient (Wildman–Crippen LogP) is 6.72. The molecule has 0 aromatic heterocycles. The highest BCUT2D eigenvalue weighted by atomic mass is 35.5. The minimum atomic E-state index is -3.85. The highest BCUT2D eigenvalue weighted by molar-refractivity contribution is 7.88. The number of alkyl halides is 1. The van der Waals surface area contributed by atoms with Gasteiger partial charge in [0.15, 0.2) is 5.75 Å². The Labute approximate surface area is 234 Å². The summed E-state index contributed by atoms with van der Waals surface area (Å²) in [5.41, 5.74) is 1.47. The number of rotatable bonds is 12. The van der Waals surface area contributed by atoms with Crippen LogP contribution >= 0.6 is 34.8 Å². The lowest BCUT2D eigenvalue weighted by Gasteiger charge is -2.26. The fraction of sp³-hybridized carbons (Fsp3) is 0.423. The van der Waals surface area contributed by atoms with Crippen LogP contribution in [-0.2, 0) is 21.2 Å². The molecule has 0 atom stereocenters. The van der Waals surface area contributed by atoms with Crippen LogP contribution in [0.25, 0.3) is 0 Å². The van der Waals surface area contributed by atoms with Gasteiger partial charge in [-0.1, -0.05) is 41.9 Å². The second kappa shape index (κ2) is 13.6. The van der Waals surface area contributed by atoms with Crippen LogP contribution < -0.4 is 9.47 Å². The fourth-order valence-electron chi connectivity index (χ4n) is 3.08. The fourth-order valence-corrected chi connectivity index (χ4v) is 4.56. The van der Waals surface area contributed by atoms with E-state index in [2.05, 4.69) is 6.58 Å². The van der Waals surface area contributed by atoms with E-state index in [9.17, 15) is 13.2 Å². The third-order valence-corrected chi connectivity index (χ3v) is 6.63. The molecule has 204 valence electrons. The highest BCUT2D eigenvalue weighted by Gasteiger charge is 2.29. The van der Waals surface area contributed by atoms with Crippen molar-refractivity contribution in [2.75, 3.05) is 31.9 Å². The number of hydrogen-bond donors (Lipinski definition) is 0. The van der Waals surface area contributed by atoms with Crippen LogP contribution in [0.2, 0.25) is 10.0 Å². The van der Waals surface area contributed by atoms with Crippen LogP contribution in [0.15, 0.2) is 48.6 Å². The van der Waals surface area contributed by atoms with Crippen molar-refractivity contribution in [2.45, 2.75) is 39.2 Å². The normalized spacial score (nSPS) is 11.6. The standard InChI is InChI=1S/C26H32Cl3NO6S/c1-18(16-30(37(5,32)33)25(31)36-26(2,3)4)17-35-21-9-7-19(8-10-21)13-20-14-22(28)24(23(29)15-20)34-12-6-11-27/h7-10,14-15H,1,6,11-13,16-17H2,2-5H3. The molecule has 2 aromatic carbocycles. The van der Waals surface area contributed by atoms with Gasteiger partial charge in [-0.15, -0.1) is 11.6 Å². The van der Waals surface area contributed by atoms with Crippen LogP contribution in [0.4, 0.5) is 4.79 Å². The van der Waals surface area contributed by atoms with Crippen molar-refractivity contribution in [3.8, 4) is 11.5 Å². The van der Waals surface area contributed by atoms with Gasteiger partial charge in [0, 0.05) is 5.88 Å². The molecule has 0 bridgehead atoms. The van der Waals surface area contributed by atoms with Gasteiger partial charge in [0.05, 0.1) is 29.5 Å². The van der Waals surface area contributed by atoms with Gasteiger partial charge in [-0.05, 0) is 74.6 Å². The van der Waals surface area contributed by atoms with E-state index in [-0.39, 0.29) is 13.2 Å². The molecule has 0 aliphatic rings. The highest BCUT2D eigenvalue weighted by Crippen LogP contribution is 2.35. The Hall–Kier alpha value is -2.13. The molecule has 2 rings (SSSR count). The molecular formula is C26H32Cl3NO6S. The molecule has 37 heavy (non-hydrogen) atoms. The van der Waals surface area contributed by atoms with Gasteiger partial charge in [0.25, 0.3) is 0 Å². The number of carbonyl (C=O) groups is 1. The van der Waals surface area contributed by atoms with Gasteiger partial charge in [-0.3, -0.25) is 0 Å². The van der Waals surface area contributed by atoms with E-state index in [1.807, 2.05) is 24.3 Å². The smallest absolute Gasteiger partial charge is 0.424 e. The zero-order chi connectivity index (χ0) is 27.8. The minimum Gasteiger partial charge on any atom is -0.490 e. The van der Waals surface area contributed by atoms with Crippen LogP contribution in [0.1, 0.15) is 38.3 Å². The number of hydrogen-bond acceptors (Lipinski definition) is 6. The molecule has 11 heteroatoms. The van der Waals surface area contributed by atoms with Crippen LogP contribution in [0, 0.1) is 0 Å². The maximum absolute atomic E-state index is 12.3. The maximum atomic E-state index is 12.3. The zero-order valence-electron chi connectivity index (χ0n) is 21.4. The quantitative estimate of drug-likeness (QED) is 0.155. The monoisotopic (exact) mass is 591 g/mol. The molecule has 0 unspecified atom stereocenters. The molecule has 0 aliphatic heterocycles. The largest absolute Gasteiger partial charge is 0.490 e. The lowest BCUT2D eigenvalue weighted by Crippen LogP contribution is -2.41. The Bertz CT molecular complexity index is 1170. The van der Waals surface area contributed by atoms with Gasteiger partial charge in [-0.25, -0.2) is 17.5 Å². The van der Waals surface area contributed by atoms with Crippen molar-refractivity contribution >= 4 is 50.9 Å². The molecule has 0 heterocycles. The van der Waals surface area contributed by atoms with Crippen molar-refractivity contribution in [1.29, 1.82) is 0 Å². The van der Waals surface area contributed by atoms with E-state index in [1.54, 1.807) is 32.9 Å². The molecule has 0 fully saturated rings. The molecule has 0 spiro atoms. The molecule has 2 aromatic rings. The molecule has 7 nitrogen and oxygen atoms in total. The van der Waals surface area contributed by atoms with E-state index in [0.717, 1.165) is 17.4 Å². The number of carbonyl (C=O) groups excluding carboxylic acids is 1. The lowest BCUT2D eigenvalue weighted by molar-refractivity contribution is 0.0400. The molecule has 0 radical (unpaired) electrons. The first-order valence-electron chi connectivity index (χ1n) is 11.5. The molecule has 1 amide bonds. The van der Waals surface area contributed by atoms with Gasteiger partial charge in [-0.2, -0.15) is 0 Å². The molecule has 0 aliphatic carbocycles. The average molecular weight is 593 g/mol. The van der Waals surface area contributed by atoms with Crippen LogP contribution in [-0.4, -0.2) is 56.3 Å². The summed E-state index contributed by atoms with van der Waals surface area (Å²) in [6.07, 6.45) is 1.26. The Morgan fingerprint density at radius 2 is 1.62 bits per heavy atom. The van der Waals surface area contributed by atoms with Gasteiger partial charge >= 0.3 is 6.09 Å². The van der Waals surface area contributed by atoms with E-state index in [4.69, 9.17) is 49.0 Å². The number of ether oxygens (including phenoxy) is 3. The summed E-state index contributed by atoms with van der Waals surface area (Å²) in [7, 11) is -3.85. The summed E-state index contributed by atoms with van der Waals surface area (Å²) in [5.74, 6) is 1.50. The number of benzene rings is 2. The summed E-state index contributed by atoms with van der Waals surface area (Å²) < 4.78 is 41.4. The first-order chi connectivity index (χ1) is 17.2. The predicted molar refractivity (Wildman–Crippen MR) is 149 cm³/mol. The summed E-state index contributed by atoms with van der Waals surface area (Å²) >= 11 is 18.4. The number of halogens is 3. The minimum absolute atomic E-state index is 0.0184. The van der Waals surface area contributed by atoms with Crippen LogP contribution in [0.3, 0.4) is 0 Å².